The van der Waals surface area contributed by atoms with E-state index in [-0.39, 0.29) is 29.3 Å². The van der Waals surface area contributed by atoms with Gasteiger partial charge >= 0.3 is 0 Å². The highest BCUT2D eigenvalue weighted by Gasteiger charge is 2.20. The lowest BCUT2D eigenvalue weighted by Gasteiger charge is -2.30. The van der Waals surface area contributed by atoms with Crippen LogP contribution >= 0.6 is 11.8 Å². The third-order valence-electron chi connectivity index (χ3n) is 2.38. The van der Waals surface area contributed by atoms with Gasteiger partial charge in [0.1, 0.15) is 0 Å². The quantitative estimate of drug-likeness (QED) is 0.650. The molecule has 0 spiro atoms. The van der Waals surface area contributed by atoms with Crippen LogP contribution in [0.15, 0.2) is 22.2 Å². The number of aromatic amines is 1. The molecule has 0 unspecified atom stereocenters. The first-order chi connectivity index (χ1) is 8.41. The summed E-state index contributed by atoms with van der Waals surface area (Å²) >= 11 is 1.25. The molecule has 1 aromatic rings. The fourth-order valence-corrected chi connectivity index (χ4v) is 2.52. The molecule has 1 amide bonds. The Hall–Kier alpha value is -1.30. The van der Waals surface area contributed by atoms with Crippen LogP contribution < -0.4 is 5.56 Å². The molecule has 0 aliphatic carbocycles. The van der Waals surface area contributed by atoms with Crippen molar-refractivity contribution in [2.45, 2.75) is 44.9 Å². The van der Waals surface area contributed by atoms with E-state index >= 15 is 0 Å². The van der Waals surface area contributed by atoms with Gasteiger partial charge < -0.3 is 9.88 Å². The van der Waals surface area contributed by atoms with Gasteiger partial charge in [-0.3, -0.25) is 9.59 Å². The number of hydrogen-bond acceptors (Lipinski definition) is 4. The van der Waals surface area contributed by atoms with Crippen molar-refractivity contribution in [3.8, 4) is 0 Å². The highest BCUT2D eigenvalue weighted by atomic mass is 32.2. The second kappa shape index (κ2) is 6.58. The summed E-state index contributed by atoms with van der Waals surface area (Å²) in [5.74, 6) is 0.333. The molecule has 5 nitrogen and oxygen atoms in total. The Morgan fingerprint density at radius 1 is 1.39 bits per heavy atom. The first kappa shape index (κ1) is 14.8. The molecule has 1 aromatic heterocycles. The summed E-state index contributed by atoms with van der Waals surface area (Å²) in [6.45, 7) is 7.97. The molecule has 0 saturated heterocycles. The third-order valence-corrected chi connectivity index (χ3v) is 3.25. The van der Waals surface area contributed by atoms with Crippen LogP contribution in [0.1, 0.15) is 27.7 Å². The van der Waals surface area contributed by atoms with Gasteiger partial charge in [-0.25, -0.2) is 4.98 Å². The number of rotatable bonds is 5. The maximum absolute atomic E-state index is 12.1. The summed E-state index contributed by atoms with van der Waals surface area (Å²) in [6.07, 6.45) is 1.44. The van der Waals surface area contributed by atoms with E-state index < -0.39 is 0 Å². The first-order valence-electron chi connectivity index (χ1n) is 5.91. The van der Waals surface area contributed by atoms with Gasteiger partial charge in [0.25, 0.3) is 5.56 Å². The number of thioether (sulfide) groups is 1. The minimum absolute atomic E-state index is 0.0523. The zero-order valence-corrected chi connectivity index (χ0v) is 12.0. The number of amides is 1. The predicted molar refractivity (Wildman–Crippen MR) is 72.7 cm³/mol. The Kier molecular flexibility index (Phi) is 5.40. The molecular formula is C12H19N3O2S. The Labute approximate surface area is 111 Å². The van der Waals surface area contributed by atoms with Gasteiger partial charge in [-0.05, 0) is 27.7 Å². The standard InChI is InChI=1S/C12H19N3O2S/c1-8(2)15(9(3)4)11(17)7-18-12-13-6-5-10(16)14-12/h5-6,8-9H,7H2,1-4H3,(H,13,14,16). The van der Waals surface area contributed by atoms with Gasteiger partial charge in [-0.1, -0.05) is 11.8 Å². The van der Waals surface area contributed by atoms with Crippen molar-refractivity contribution in [1.82, 2.24) is 14.9 Å². The summed E-state index contributed by atoms with van der Waals surface area (Å²) in [7, 11) is 0. The molecule has 0 radical (unpaired) electrons. The van der Waals surface area contributed by atoms with Crippen molar-refractivity contribution in [2.75, 3.05) is 5.75 Å². The topological polar surface area (TPSA) is 66.1 Å². The fraction of sp³-hybridized carbons (Fsp3) is 0.583. The Morgan fingerprint density at radius 2 is 2.00 bits per heavy atom. The number of carbonyl (C=O) groups is 1. The van der Waals surface area contributed by atoms with Crippen LogP contribution in [-0.4, -0.2) is 38.6 Å². The van der Waals surface area contributed by atoms with Gasteiger partial charge in [0, 0.05) is 24.3 Å². The minimum atomic E-state index is -0.204. The molecule has 100 valence electrons. The second-order valence-corrected chi connectivity index (χ2v) is 5.48. The summed E-state index contributed by atoms with van der Waals surface area (Å²) in [5, 5.41) is 0.475. The molecule has 1 N–H and O–H groups in total. The van der Waals surface area contributed by atoms with E-state index in [0.29, 0.717) is 5.16 Å². The Balaban J connectivity index is 2.62. The normalized spacial score (nSPS) is 11.0. The van der Waals surface area contributed by atoms with Gasteiger partial charge in [-0.2, -0.15) is 0 Å². The minimum Gasteiger partial charge on any atom is -0.337 e. The molecule has 0 aliphatic heterocycles. The van der Waals surface area contributed by atoms with E-state index in [1.54, 1.807) is 0 Å². The monoisotopic (exact) mass is 269 g/mol. The molecule has 1 rings (SSSR count). The molecule has 0 atom stereocenters. The second-order valence-electron chi connectivity index (χ2n) is 4.52. The van der Waals surface area contributed by atoms with Crippen molar-refractivity contribution < 1.29 is 4.79 Å². The lowest BCUT2D eigenvalue weighted by atomic mass is 10.2. The van der Waals surface area contributed by atoms with Gasteiger partial charge in [-0.15, -0.1) is 0 Å². The summed E-state index contributed by atoms with van der Waals surface area (Å²) < 4.78 is 0. The van der Waals surface area contributed by atoms with Crippen LogP contribution in [0.3, 0.4) is 0 Å². The van der Waals surface area contributed by atoms with Gasteiger partial charge in [0.05, 0.1) is 5.75 Å². The maximum Gasteiger partial charge on any atom is 0.251 e. The summed E-state index contributed by atoms with van der Waals surface area (Å²) in [6, 6.07) is 1.68. The molecule has 0 bridgehead atoms. The predicted octanol–water partition coefficient (Wildman–Crippen LogP) is 1.51. The maximum atomic E-state index is 12.1. The molecule has 1 heterocycles. The number of H-pyrrole nitrogens is 1. The summed E-state index contributed by atoms with van der Waals surface area (Å²) in [4.78, 5) is 31.6. The van der Waals surface area contributed by atoms with E-state index in [1.807, 2.05) is 32.6 Å². The van der Waals surface area contributed by atoms with Gasteiger partial charge in [0.15, 0.2) is 5.16 Å². The molecule has 0 saturated carbocycles. The zero-order valence-electron chi connectivity index (χ0n) is 11.1. The van der Waals surface area contributed by atoms with Crippen molar-refractivity contribution in [3.63, 3.8) is 0 Å². The molecular weight excluding hydrogens is 250 g/mol. The lowest BCUT2D eigenvalue weighted by Crippen LogP contribution is -2.43. The van der Waals surface area contributed by atoms with Gasteiger partial charge in [0.2, 0.25) is 5.91 Å². The Morgan fingerprint density at radius 3 is 2.50 bits per heavy atom. The van der Waals surface area contributed by atoms with Crippen LogP contribution in [0.4, 0.5) is 0 Å². The number of nitrogens with zero attached hydrogens (tertiary/aromatic N) is 2. The van der Waals surface area contributed by atoms with Crippen molar-refractivity contribution >= 4 is 17.7 Å². The van der Waals surface area contributed by atoms with Crippen molar-refractivity contribution in [2.24, 2.45) is 0 Å². The molecule has 0 aromatic carbocycles. The van der Waals surface area contributed by atoms with Crippen LogP contribution in [0.25, 0.3) is 0 Å². The molecule has 0 aliphatic rings. The Bertz CT molecular complexity index is 449. The zero-order chi connectivity index (χ0) is 13.7. The SMILES string of the molecule is CC(C)N(C(=O)CSc1nccc(=O)[nH]1)C(C)C. The van der Waals surface area contributed by atoms with E-state index in [4.69, 9.17) is 0 Å². The van der Waals surface area contributed by atoms with Crippen molar-refractivity contribution in [1.29, 1.82) is 0 Å². The number of aromatic nitrogens is 2. The number of hydrogen-bond donors (Lipinski definition) is 1. The van der Waals surface area contributed by atoms with Crippen LogP contribution in [0.2, 0.25) is 0 Å². The van der Waals surface area contributed by atoms with E-state index in [2.05, 4.69) is 9.97 Å². The highest BCUT2D eigenvalue weighted by molar-refractivity contribution is 7.99. The van der Waals surface area contributed by atoms with Crippen LogP contribution in [0.5, 0.6) is 0 Å². The summed E-state index contributed by atoms with van der Waals surface area (Å²) in [5.41, 5.74) is -0.204. The average molecular weight is 269 g/mol. The van der Waals surface area contributed by atoms with Crippen LogP contribution in [-0.2, 0) is 4.79 Å². The van der Waals surface area contributed by atoms with Crippen LogP contribution in [0, 0.1) is 0 Å². The highest BCUT2D eigenvalue weighted by Crippen LogP contribution is 2.14. The smallest absolute Gasteiger partial charge is 0.251 e. The largest absolute Gasteiger partial charge is 0.337 e. The number of nitrogens with one attached hydrogen (secondary N) is 1. The third kappa shape index (κ3) is 4.18. The van der Waals surface area contributed by atoms with Crippen molar-refractivity contribution in [3.05, 3.63) is 22.6 Å². The van der Waals surface area contributed by atoms with E-state index in [9.17, 15) is 9.59 Å². The lowest BCUT2D eigenvalue weighted by molar-refractivity contribution is -0.131. The molecule has 6 heteroatoms. The molecule has 18 heavy (non-hydrogen) atoms. The first-order valence-corrected chi connectivity index (χ1v) is 6.89. The number of carbonyl (C=O) groups excluding carboxylic acids is 1. The van der Waals surface area contributed by atoms with E-state index in [1.165, 1.54) is 24.0 Å². The fourth-order valence-electron chi connectivity index (χ4n) is 1.80. The van der Waals surface area contributed by atoms with E-state index in [0.717, 1.165) is 0 Å². The average Bonchev–Trinajstić information content (AvgIpc) is 2.25. The molecule has 0 fully saturated rings.